The number of hydrogen-bond acceptors (Lipinski definition) is 7. The molecule has 0 radical (unpaired) electrons. The minimum Gasteiger partial charge on any atom is -0.430 e. The number of aromatic nitrogens is 4. The van der Waals surface area contributed by atoms with Crippen LogP contribution in [-0.4, -0.2) is 31.2 Å². The van der Waals surface area contributed by atoms with Gasteiger partial charge in [0.25, 0.3) is 0 Å². The monoisotopic (exact) mass is 278 g/mol. The Labute approximate surface area is 114 Å². The third-order valence-electron chi connectivity index (χ3n) is 2.36. The Balaban J connectivity index is 2.28. The van der Waals surface area contributed by atoms with Crippen molar-refractivity contribution in [3.63, 3.8) is 0 Å². The van der Waals surface area contributed by atoms with E-state index in [9.17, 15) is 10.1 Å². The zero-order valence-electron chi connectivity index (χ0n) is 11.1. The first kappa shape index (κ1) is 13.7. The summed E-state index contributed by atoms with van der Waals surface area (Å²) in [7, 11) is 1.72. The van der Waals surface area contributed by atoms with Gasteiger partial charge in [0.15, 0.2) is 5.75 Å². The van der Waals surface area contributed by atoms with Crippen LogP contribution in [0, 0.1) is 10.1 Å². The van der Waals surface area contributed by atoms with E-state index in [0.717, 1.165) is 12.6 Å². The molecule has 20 heavy (non-hydrogen) atoms. The molecule has 0 saturated carbocycles. The lowest BCUT2D eigenvalue weighted by Gasteiger charge is -2.06. The SMILES string of the molecule is CCCNc1ncc([N+](=O)[O-])c(Oc2cnn(C)c2)n1. The molecule has 0 aliphatic rings. The predicted octanol–water partition coefficient (Wildman–Crippen LogP) is 1.73. The lowest BCUT2D eigenvalue weighted by atomic mass is 10.5. The predicted molar refractivity (Wildman–Crippen MR) is 70.7 cm³/mol. The molecule has 2 heterocycles. The van der Waals surface area contributed by atoms with Crippen LogP contribution in [0.4, 0.5) is 11.6 Å². The van der Waals surface area contributed by atoms with E-state index in [0.29, 0.717) is 12.3 Å². The molecular formula is C11H14N6O3. The van der Waals surface area contributed by atoms with E-state index in [1.165, 1.54) is 10.9 Å². The highest BCUT2D eigenvalue weighted by molar-refractivity contribution is 5.44. The summed E-state index contributed by atoms with van der Waals surface area (Å²) in [6.07, 6.45) is 5.05. The number of nitro groups is 1. The zero-order valence-corrected chi connectivity index (χ0v) is 11.1. The fourth-order valence-electron chi connectivity index (χ4n) is 1.45. The van der Waals surface area contributed by atoms with E-state index >= 15 is 0 Å². The van der Waals surface area contributed by atoms with E-state index in [1.807, 2.05) is 6.92 Å². The standard InChI is InChI=1S/C11H14N6O3/c1-3-4-12-11-13-6-9(17(18)19)10(15-11)20-8-5-14-16(2)7-8/h5-7H,3-4H2,1-2H3,(H,12,13,15). The van der Waals surface area contributed by atoms with Gasteiger partial charge in [0.2, 0.25) is 5.95 Å². The van der Waals surface area contributed by atoms with Crippen molar-refractivity contribution in [3.05, 3.63) is 28.7 Å². The van der Waals surface area contributed by atoms with E-state index in [4.69, 9.17) is 4.74 Å². The van der Waals surface area contributed by atoms with Gasteiger partial charge in [-0.25, -0.2) is 4.98 Å². The van der Waals surface area contributed by atoms with Crippen molar-refractivity contribution in [1.29, 1.82) is 0 Å². The maximum absolute atomic E-state index is 10.9. The molecule has 0 amide bonds. The Kier molecular flexibility index (Phi) is 4.08. The molecule has 0 aromatic carbocycles. The maximum Gasteiger partial charge on any atom is 0.349 e. The molecule has 0 unspecified atom stereocenters. The molecule has 0 bridgehead atoms. The normalized spacial score (nSPS) is 10.3. The first-order valence-electron chi connectivity index (χ1n) is 6.02. The Morgan fingerprint density at radius 3 is 2.90 bits per heavy atom. The fourth-order valence-corrected chi connectivity index (χ4v) is 1.45. The number of nitrogens with zero attached hydrogens (tertiary/aromatic N) is 5. The Morgan fingerprint density at radius 1 is 1.50 bits per heavy atom. The number of nitrogens with one attached hydrogen (secondary N) is 1. The Bertz CT molecular complexity index is 612. The first-order chi connectivity index (χ1) is 9.60. The van der Waals surface area contributed by atoms with E-state index in [1.54, 1.807) is 13.2 Å². The van der Waals surface area contributed by atoms with E-state index < -0.39 is 4.92 Å². The minimum atomic E-state index is -0.588. The van der Waals surface area contributed by atoms with Crippen LogP contribution in [0.25, 0.3) is 0 Å². The second kappa shape index (κ2) is 5.95. The molecule has 0 aliphatic carbocycles. The van der Waals surface area contributed by atoms with Crippen LogP contribution in [0.5, 0.6) is 11.6 Å². The summed E-state index contributed by atoms with van der Waals surface area (Å²) in [5, 5.41) is 17.8. The maximum atomic E-state index is 10.9. The molecule has 0 fully saturated rings. The lowest BCUT2D eigenvalue weighted by Crippen LogP contribution is -2.06. The summed E-state index contributed by atoms with van der Waals surface area (Å²) in [5.41, 5.74) is -0.295. The average Bonchev–Trinajstić information content (AvgIpc) is 2.81. The third-order valence-corrected chi connectivity index (χ3v) is 2.36. The molecule has 106 valence electrons. The van der Waals surface area contributed by atoms with Crippen LogP contribution in [0.15, 0.2) is 18.6 Å². The average molecular weight is 278 g/mol. The summed E-state index contributed by atoms with van der Waals surface area (Å²) in [5.74, 6) is 0.545. The second-order valence-electron chi connectivity index (χ2n) is 4.02. The molecule has 2 aromatic rings. The highest BCUT2D eigenvalue weighted by Crippen LogP contribution is 2.28. The quantitative estimate of drug-likeness (QED) is 0.633. The molecule has 9 nitrogen and oxygen atoms in total. The van der Waals surface area contributed by atoms with Gasteiger partial charge in [-0.15, -0.1) is 0 Å². The summed E-state index contributed by atoms with van der Waals surface area (Å²) < 4.78 is 6.92. The number of aryl methyl sites for hydroxylation is 1. The van der Waals surface area contributed by atoms with Gasteiger partial charge >= 0.3 is 11.6 Å². The molecule has 2 aromatic heterocycles. The molecular weight excluding hydrogens is 264 g/mol. The zero-order chi connectivity index (χ0) is 14.5. The van der Waals surface area contributed by atoms with Crippen molar-refractivity contribution in [2.45, 2.75) is 13.3 Å². The van der Waals surface area contributed by atoms with Crippen LogP contribution in [0.2, 0.25) is 0 Å². The lowest BCUT2D eigenvalue weighted by molar-refractivity contribution is -0.386. The van der Waals surface area contributed by atoms with Gasteiger partial charge in [-0.3, -0.25) is 14.8 Å². The van der Waals surface area contributed by atoms with Crippen LogP contribution in [-0.2, 0) is 7.05 Å². The third kappa shape index (κ3) is 3.19. The molecule has 0 atom stereocenters. The van der Waals surface area contributed by atoms with Gasteiger partial charge in [-0.1, -0.05) is 6.92 Å². The molecule has 0 aliphatic heterocycles. The smallest absolute Gasteiger partial charge is 0.349 e. The highest BCUT2D eigenvalue weighted by Gasteiger charge is 2.20. The van der Waals surface area contributed by atoms with Crippen LogP contribution in [0.1, 0.15) is 13.3 Å². The summed E-state index contributed by atoms with van der Waals surface area (Å²) >= 11 is 0. The number of anilines is 1. The Morgan fingerprint density at radius 2 is 2.30 bits per heavy atom. The van der Waals surface area contributed by atoms with E-state index in [2.05, 4.69) is 20.4 Å². The van der Waals surface area contributed by atoms with Crippen molar-refractivity contribution >= 4 is 11.6 Å². The number of rotatable bonds is 6. The van der Waals surface area contributed by atoms with Crippen LogP contribution in [0.3, 0.4) is 0 Å². The van der Waals surface area contributed by atoms with Gasteiger partial charge in [0, 0.05) is 13.6 Å². The largest absolute Gasteiger partial charge is 0.430 e. The fraction of sp³-hybridized carbons (Fsp3) is 0.364. The van der Waals surface area contributed by atoms with Gasteiger partial charge < -0.3 is 10.1 Å². The molecule has 1 N–H and O–H groups in total. The van der Waals surface area contributed by atoms with Crippen molar-refractivity contribution in [2.24, 2.45) is 7.05 Å². The van der Waals surface area contributed by atoms with Gasteiger partial charge in [-0.2, -0.15) is 10.1 Å². The Hall–Kier alpha value is -2.71. The summed E-state index contributed by atoms with van der Waals surface area (Å²) in [6, 6.07) is 0. The first-order valence-corrected chi connectivity index (χ1v) is 6.02. The summed E-state index contributed by atoms with van der Waals surface area (Å²) in [4.78, 5) is 18.3. The molecule has 2 rings (SSSR count). The highest BCUT2D eigenvalue weighted by atomic mass is 16.6. The minimum absolute atomic E-state index is 0.114. The van der Waals surface area contributed by atoms with Gasteiger partial charge in [-0.05, 0) is 6.42 Å². The van der Waals surface area contributed by atoms with Crippen molar-refractivity contribution < 1.29 is 9.66 Å². The number of hydrogen-bond donors (Lipinski definition) is 1. The van der Waals surface area contributed by atoms with Crippen LogP contribution < -0.4 is 10.1 Å². The summed E-state index contributed by atoms with van der Waals surface area (Å²) in [6.45, 7) is 2.66. The second-order valence-corrected chi connectivity index (χ2v) is 4.02. The molecule has 0 spiro atoms. The van der Waals surface area contributed by atoms with Crippen molar-refractivity contribution in [2.75, 3.05) is 11.9 Å². The van der Waals surface area contributed by atoms with Crippen molar-refractivity contribution in [3.8, 4) is 11.6 Å². The van der Waals surface area contributed by atoms with Gasteiger partial charge in [0.05, 0.1) is 17.3 Å². The molecule has 0 saturated heterocycles. The topological polar surface area (TPSA) is 108 Å². The van der Waals surface area contributed by atoms with E-state index in [-0.39, 0.29) is 17.5 Å². The number of ether oxygens (including phenoxy) is 1. The van der Waals surface area contributed by atoms with Crippen molar-refractivity contribution in [1.82, 2.24) is 19.7 Å². The van der Waals surface area contributed by atoms with Crippen LogP contribution >= 0.6 is 0 Å². The van der Waals surface area contributed by atoms with Gasteiger partial charge in [0.1, 0.15) is 6.20 Å². The molecule has 9 heteroatoms.